The van der Waals surface area contributed by atoms with Crippen LogP contribution in [0.2, 0.25) is 0 Å². The van der Waals surface area contributed by atoms with Gasteiger partial charge in [-0.05, 0) is 30.5 Å². The molecule has 2 aromatic rings. The molecule has 1 aliphatic heterocycles. The maximum atomic E-state index is 12.4. The van der Waals surface area contributed by atoms with Gasteiger partial charge in [0, 0.05) is 42.8 Å². The first-order valence-electron chi connectivity index (χ1n) is 8.29. The molecule has 1 aliphatic rings. The molecule has 0 aliphatic carbocycles. The number of carbonyl (C=O) groups excluding carboxylic acids is 2. The zero-order chi connectivity index (χ0) is 17.8. The molecule has 2 amide bonds. The first-order chi connectivity index (χ1) is 12.1. The first-order valence-corrected chi connectivity index (χ1v) is 8.29. The monoisotopic (exact) mass is 343 g/mol. The smallest absolute Gasteiger partial charge is 0.317 e. The third-order valence-corrected chi connectivity index (χ3v) is 4.51. The van der Waals surface area contributed by atoms with Crippen molar-refractivity contribution < 1.29 is 14.3 Å². The van der Waals surface area contributed by atoms with Crippen molar-refractivity contribution >= 4 is 22.9 Å². The molecule has 1 aromatic carbocycles. The average molecular weight is 343 g/mol. The third-order valence-electron chi connectivity index (χ3n) is 4.51. The van der Waals surface area contributed by atoms with Crippen LogP contribution in [0.3, 0.4) is 0 Å². The summed E-state index contributed by atoms with van der Waals surface area (Å²) in [5.74, 6) is -0.522. The number of aromatic amines is 1. The van der Waals surface area contributed by atoms with Crippen LogP contribution in [0.5, 0.6) is 0 Å². The van der Waals surface area contributed by atoms with Gasteiger partial charge in [-0.1, -0.05) is 6.07 Å². The van der Waals surface area contributed by atoms with Gasteiger partial charge in [0.1, 0.15) is 0 Å². The summed E-state index contributed by atoms with van der Waals surface area (Å²) in [6.45, 7) is 1.36. The maximum Gasteiger partial charge on any atom is 0.317 e. The zero-order valence-corrected chi connectivity index (χ0v) is 14.1. The molecule has 1 unspecified atom stereocenters. The number of rotatable bonds is 3. The SMILES string of the molecule is COC(=O)C1CCCN(C(=O)NCc2ccc3c(=O)cc[nH]c3c2)C1. The number of aromatic nitrogens is 1. The molecule has 1 fully saturated rings. The van der Waals surface area contributed by atoms with Gasteiger partial charge in [0.25, 0.3) is 0 Å². The van der Waals surface area contributed by atoms with Crippen molar-refractivity contribution in [2.45, 2.75) is 19.4 Å². The number of methoxy groups -OCH3 is 1. The number of hydrogen-bond donors (Lipinski definition) is 2. The summed E-state index contributed by atoms with van der Waals surface area (Å²) in [5.41, 5.74) is 1.60. The quantitative estimate of drug-likeness (QED) is 0.829. The summed E-state index contributed by atoms with van der Waals surface area (Å²) in [6, 6.07) is 6.72. The van der Waals surface area contributed by atoms with Gasteiger partial charge < -0.3 is 19.9 Å². The number of esters is 1. The minimum Gasteiger partial charge on any atom is -0.469 e. The number of fused-ring (bicyclic) bond motifs is 1. The Kier molecular flexibility index (Phi) is 5.02. The Morgan fingerprint density at radius 1 is 1.36 bits per heavy atom. The number of benzene rings is 1. The zero-order valence-electron chi connectivity index (χ0n) is 14.1. The molecule has 25 heavy (non-hydrogen) atoms. The molecule has 1 saturated heterocycles. The van der Waals surface area contributed by atoms with Crippen LogP contribution in [0, 0.1) is 5.92 Å². The molecule has 0 saturated carbocycles. The number of pyridine rings is 1. The molecular formula is C18H21N3O4. The molecule has 0 spiro atoms. The largest absolute Gasteiger partial charge is 0.469 e. The highest BCUT2D eigenvalue weighted by Crippen LogP contribution is 2.18. The van der Waals surface area contributed by atoms with Crippen molar-refractivity contribution in [3.05, 3.63) is 46.2 Å². The molecule has 2 N–H and O–H groups in total. The molecule has 0 bridgehead atoms. The lowest BCUT2D eigenvalue weighted by Crippen LogP contribution is -2.47. The van der Waals surface area contributed by atoms with E-state index in [0.717, 1.165) is 23.9 Å². The van der Waals surface area contributed by atoms with E-state index in [0.29, 0.717) is 25.0 Å². The number of ether oxygens (including phenoxy) is 1. The van der Waals surface area contributed by atoms with Crippen molar-refractivity contribution in [2.75, 3.05) is 20.2 Å². The van der Waals surface area contributed by atoms with E-state index in [1.165, 1.54) is 13.2 Å². The highest BCUT2D eigenvalue weighted by molar-refractivity contribution is 5.79. The minimum atomic E-state index is -0.268. The van der Waals surface area contributed by atoms with Crippen molar-refractivity contribution in [2.24, 2.45) is 5.92 Å². The lowest BCUT2D eigenvalue weighted by atomic mass is 9.98. The normalized spacial score (nSPS) is 17.3. The fourth-order valence-electron chi connectivity index (χ4n) is 3.14. The summed E-state index contributed by atoms with van der Waals surface area (Å²) in [7, 11) is 1.37. The molecule has 7 nitrogen and oxygen atoms in total. The second kappa shape index (κ2) is 7.38. The Bertz CT molecular complexity index is 846. The Balaban J connectivity index is 1.62. The van der Waals surface area contributed by atoms with Gasteiger partial charge in [-0.15, -0.1) is 0 Å². The molecule has 0 radical (unpaired) electrons. The van der Waals surface area contributed by atoms with Crippen LogP contribution in [-0.2, 0) is 16.1 Å². The summed E-state index contributed by atoms with van der Waals surface area (Å²) in [5, 5.41) is 3.49. The number of hydrogen-bond acceptors (Lipinski definition) is 4. The van der Waals surface area contributed by atoms with Crippen LogP contribution in [0.4, 0.5) is 4.79 Å². The van der Waals surface area contributed by atoms with Crippen molar-refractivity contribution in [3.63, 3.8) is 0 Å². The number of piperidine rings is 1. The van der Waals surface area contributed by atoms with Crippen LogP contribution in [0.1, 0.15) is 18.4 Å². The summed E-state index contributed by atoms with van der Waals surface area (Å²) in [6.07, 6.45) is 3.13. The first kappa shape index (κ1) is 17.0. The number of amides is 2. The van der Waals surface area contributed by atoms with E-state index in [1.54, 1.807) is 17.2 Å². The van der Waals surface area contributed by atoms with E-state index >= 15 is 0 Å². The lowest BCUT2D eigenvalue weighted by Gasteiger charge is -2.31. The van der Waals surface area contributed by atoms with Crippen LogP contribution in [0.15, 0.2) is 35.3 Å². The standard InChI is InChI=1S/C18H21N3O4/c1-25-17(23)13-3-2-8-21(11-13)18(24)20-10-12-4-5-14-15(9-12)19-7-6-16(14)22/h4-7,9,13H,2-3,8,10-11H2,1H3,(H,19,22)(H,20,24). The van der Waals surface area contributed by atoms with Crippen LogP contribution >= 0.6 is 0 Å². The number of urea groups is 1. The second-order valence-corrected chi connectivity index (χ2v) is 6.19. The summed E-state index contributed by atoms with van der Waals surface area (Å²) >= 11 is 0. The van der Waals surface area contributed by atoms with Gasteiger partial charge in [-0.25, -0.2) is 4.79 Å². The summed E-state index contributed by atoms with van der Waals surface area (Å²) < 4.78 is 4.77. The van der Waals surface area contributed by atoms with Crippen molar-refractivity contribution in [1.29, 1.82) is 0 Å². The van der Waals surface area contributed by atoms with Gasteiger partial charge in [0.2, 0.25) is 0 Å². The average Bonchev–Trinajstić information content (AvgIpc) is 2.65. The highest BCUT2D eigenvalue weighted by Gasteiger charge is 2.28. The number of nitrogens with one attached hydrogen (secondary N) is 2. The fourth-order valence-corrected chi connectivity index (χ4v) is 3.14. The van der Waals surface area contributed by atoms with Gasteiger partial charge in [-0.3, -0.25) is 9.59 Å². The number of H-pyrrole nitrogens is 1. The molecule has 132 valence electrons. The van der Waals surface area contributed by atoms with Crippen LogP contribution in [-0.4, -0.2) is 42.1 Å². The summed E-state index contributed by atoms with van der Waals surface area (Å²) in [4.78, 5) is 40.4. The van der Waals surface area contributed by atoms with Gasteiger partial charge in [-0.2, -0.15) is 0 Å². The number of likely N-dealkylation sites (tertiary alicyclic amines) is 1. The van der Waals surface area contributed by atoms with E-state index in [1.807, 2.05) is 12.1 Å². The molecule has 7 heteroatoms. The van der Waals surface area contributed by atoms with E-state index in [9.17, 15) is 14.4 Å². The van der Waals surface area contributed by atoms with Crippen molar-refractivity contribution in [1.82, 2.24) is 15.2 Å². The number of nitrogens with zero attached hydrogens (tertiary/aromatic N) is 1. The molecule has 1 atom stereocenters. The maximum absolute atomic E-state index is 12.4. The topological polar surface area (TPSA) is 91.5 Å². The predicted octanol–water partition coefficient (Wildman–Crippen LogP) is 1.62. The Morgan fingerprint density at radius 2 is 2.20 bits per heavy atom. The second-order valence-electron chi connectivity index (χ2n) is 6.19. The Hall–Kier alpha value is -2.83. The van der Waals surface area contributed by atoms with Crippen LogP contribution < -0.4 is 10.7 Å². The van der Waals surface area contributed by atoms with Gasteiger partial charge >= 0.3 is 12.0 Å². The number of carbonyl (C=O) groups is 2. The molecule has 2 heterocycles. The Labute approximate surface area is 145 Å². The lowest BCUT2D eigenvalue weighted by molar-refractivity contribution is -0.146. The predicted molar refractivity (Wildman–Crippen MR) is 93.1 cm³/mol. The van der Waals surface area contributed by atoms with E-state index in [-0.39, 0.29) is 23.3 Å². The fraction of sp³-hybridized carbons (Fsp3) is 0.389. The Morgan fingerprint density at radius 3 is 3.00 bits per heavy atom. The van der Waals surface area contributed by atoms with E-state index < -0.39 is 0 Å². The van der Waals surface area contributed by atoms with E-state index in [2.05, 4.69) is 10.3 Å². The minimum absolute atomic E-state index is 0.0356. The van der Waals surface area contributed by atoms with Crippen molar-refractivity contribution in [3.8, 4) is 0 Å². The molecule has 3 rings (SSSR count). The van der Waals surface area contributed by atoms with Gasteiger partial charge in [0.05, 0.1) is 13.0 Å². The van der Waals surface area contributed by atoms with Gasteiger partial charge in [0.15, 0.2) is 5.43 Å². The molecule has 1 aromatic heterocycles. The van der Waals surface area contributed by atoms with Crippen LogP contribution in [0.25, 0.3) is 10.9 Å². The van der Waals surface area contributed by atoms with E-state index in [4.69, 9.17) is 4.74 Å². The highest BCUT2D eigenvalue weighted by atomic mass is 16.5. The third kappa shape index (κ3) is 3.81. The molecular weight excluding hydrogens is 322 g/mol.